The zero-order chi connectivity index (χ0) is 17.9. The molecule has 2 fully saturated rings. The number of methoxy groups -OCH3 is 1. The Kier molecular flexibility index (Phi) is 4.65. The highest BCUT2D eigenvalue weighted by Gasteiger charge is 2.24. The molecule has 0 radical (unpaired) electrons. The zero-order valence-corrected chi connectivity index (χ0v) is 15.0. The molecule has 26 heavy (non-hydrogen) atoms. The van der Waals surface area contributed by atoms with Crippen LogP contribution in [-0.4, -0.2) is 50.2 Å². The summed E-state index contributed by atoms with van der Waals surface area (Å²) in [6.45, 7) is 3.66. The molecule has 2 aromatic rings. The van der Waals surface area contributed by atoms with E-state index in [4.69, 9.17) is 4.74 Å². The van der Waals surface area contributed by atoms with Crippen molar-refractivity contribution >= 4 is 17.3 Å². The van der Waals surface area contributed by atoms with Gasteiger partial charge in [0.1, 0.15) is 11.4 Å². The van der Waals surface area contributed by atoms with Crippen LogP contribution in [0.1, 0.15) is 23.3 Å². The molecule has 1 saturated heterocycles. The molecule has 1 N–H and O–H groups in total. The summed E-state index contributed by atoms with van der Waals surface area (Å²) < 4.78 is 5.47. The Bertz CT molecular complexity index is 766. The highest BCUT2D eigenvalue weighted by Crippen LogP contribution is 2.29. The lowest BCUT2D eigenvalue weighted by atomic mass is 10.2. The molecule has 6 heteroatoms. The fraction of sp³-hybridized carbons (Fsp3) is 0.400. The minimum atomic E-state index is -0.0694. The first kappa shape index (κ1) is 16.7. The van der Waals surface area contributed by atoms with Gasteiger partial charge in [0.05, 0.1) is 24.7 Å². The van der Waals surface area contributed by atoms with Gasteiger partial charge in [-0.15, -0.1) is 0 Å². The van der Waals surface area contributed by atoms with E-state index in [2.05, 4.69) is 26.2 Å². The first-order valence-electron chi connectivity index (χ1n) is 9.14. The van der Waals surface area contributed by atoms with Crippen LogP contribution in [0.5, 0.6) is 5.75 Å². The average Bonchev–Trinajstić information content (AvgIpc) is 3.52. The van der Waals surface area contributed by atoms with E-state index < -0.39 is 0 Å². The second kappa shape index (κ2) is 7.23. The number of piperazine rings is 1. The van der Waals surface area contributed by atoms with Crippen molar-refractivity contribution < 1.29 is 9.53 Å². The number of carbonyl (C=O) groups is 1. The van der Waals surface area contributed by atoms with Crippen LogP contribution in [0, 0.1) is 0 Å². The minimum Gasteiger partial charge on any atom is -0.495 e. The molecule has 6 nitrogen and oxygen atoms in total. The summed E-state index contributed by atoms with van der Waals surface area (Å²) in [5, 5.41) is 2.97. The van der Waals surface area contributed by atoms with Crippen molar-refractivity contribution in [1.29, 1.82) is 0 Å². The molecule has 1 amide bonds. The Labute approximate surface area is 153 Å². The third-order valence-corrected chi connectivity index (χ3v) is 4.96. The van der Waals surface area contributed by atoms with E-state index in [0.29, 0.717) is 11.7 Å². The van der Waals surface area contributed by atoms with Crippen LogP contribution < -0.4 is 19.9 Å². The van der Waals surface area contributed by atoms with Gasteiger partial charge in [0, 0.05) is 32.2 Å². The van der Waals surface area contributed by atoms with Crippen molar-refractivity contribution in [3.8, 4) is 5.75 Å². The van der Waals surface area contributed by atoms with Crippen molar-refractivity contribution in [3.63, 3.8) is 0 Å². The van der Waals surface area contributed by atoms with Gasteiger partial charge in [0.15, 0.2) is 0 Å². The van der Waals surface area contributed by atoms with Gasteiger partial charge in [-0.3, -0.25) is 4.79 Å². The van der Waals surface area contributed by atoms with E-state index >= 15 is 0 Å². The van der Waals surface area contributed by atoms with E-state index in [0.717, 1.165) is 56.1 Å². The lowest BCUT2D eigenvalue weighted by molar-refractivity contribution is 0.0946. The van der Waals surface area contributed by atoms with Gasteiger partial charge >= 0.3 is 0 Å². The summed E-state index contributed by atoms with van der Waals surface area (Å²) in [5.41, 5.74) is 2.70. The summed E-state index contributed by atoms with van der Waals surface area (Å²) in [5.74, 6) is 0.841. The van der Waals surface area contributed by atoms with Crippen molar-refractivity contribution in [3.05, 3.63) is 48.3 Å². The first-order valence-corrected chi connectivity index (χ1v) is 9.14. The molecule has 0 bridgehead atoms. The number of nitrogens with one attached hydrogen (secondary N) is 1. The van der Waals surface area contributed by atoms with Crippen LogP contribution in [0.3, 0.4) is 0 Å². The second-order valence-corrected chi connectivity index (χ2v) is 6.80. The van der Waals surface area contributed by atoms with Crippen molar-refractivity contribution in [1.82, 2.24) is 10.3 Å². The molecule has 1 aliphatic carbocycles. The molecule has 2 aliphatic rings. The van der Waals surface area contributed by atoms with Gasteiger partial charge < -0.3 is 19.9 Å². The topological polar surface area (TPSA) is 57.7 Å². The molecule has 0 unspecified atom stereocenters. The number of anilines is 2. The molecule has 2 heterocycles. The number of para-hydroxylation sites is 2. The second-order valence-electron chi connectivity index (χ2n) is 6.80. The maximum atomic E-state index is 12.0. The molecule has 1 aromatic carbocycles. The predicted molar refractivity (Wildman–Crippen MR) is 102 cm³/mol. The van der Waals surface area contributed by atoms with Crippen LogP contribution >= 0.6 is 0 Å². The van der Waals surface area contributed by atoms with Crippen molar-refractivity contribution in [2.45, 2.75) is 18.9 Å². The molecule has 0 atom stereocenters. The van der Waals surface area contributed by atoms with Gasteiger partial charge in [-0.1, -0.05) is 12.1 Å². The van der Waals surface area contributed by atoms with Gasteiger partial charge in [-0.25, -0.2) is 4.98 Å². The minimum absolute atomic E-state index is 0.0694. The molecule has 4 rings (SSSR count). The summed E-state index contributed by atoms with van der Waals surface area (Å²) in [6, 6.07) is 12.3. The number of rotatable bonds is 5. The average molecular weight is 352 g/mol. The van der Waals surface area contributed by atoms with Gasteiger partial charge in [-0.05, 0) is 37.1 Å². The lowest BCUT2D eigenvalue weighted by Crippen LogP contribution is -2.46. The number of aromatic nitrogens is 1. The number of nitrogens with zero attached hydrogens (tertiary/aromatic N) is 3. The van der Waals surface area contributed by atoms with Crippen LogP contribution in [0.4, 0.5) is 11.4 Å². The van der Waals surface area contributed by atoms with Crippen molar-refractivity contribution in [2.75, 3.05) is 43.1 Å². The van der Waals surface area contributed by atoms with Crippen LogP contribution in [-0.2, 0) is 0 Å². The lowest BCUT2D eigenvalue weighted by Gasteiger charge is -2.37. The van der Waals surface area contributed by atoms with E-state index in [-0.39, 0.29) is 5.91 Å². The molecular formula is C20H24N4O2. The Hall–Kier alpha value is -2.76. The van der Waals surface area contributed by atoms with Gasteiger partial charge in [0.25, 0.3) is 5.91 Å². The van der Waals surface area contributed by atoms with E-state index in [1.165, 1.54) is 0 Å². The smallest absolute Gasteiger partial charge is 0.270 e. The van der Waals surface area contributed by atoms with E-state index in [1.807, 2.05) is 30.3 Å². The number of carbonyl (C=O) groups excluding carboxylic acids is 1. The number of hydrogen-bond acceptors (Lipinski definition) is 5. The largest absolute Gasteiger partial charge is 0.495 e. The fourth-order valence-electron chi connectivity index (χ4n) is 3.29. The summed E-state index contributed by atoms with van der Waals surface area (Å²) in [6.07, 6.45) is 3.97. The summed E-state index contributed by atoms with van der Waals surface area (Å²) >= 11 is 0. The monoisotopic (exact) mass is 352 g/mol. The molecule has 136 valence electrons. The van der Waals surface area contributed by atoms with Gasteiger partial charge in [0.2, 0.25) is 0 Å². The maximum absolute atomic E-state index is 12.0. The summed E-state index contributed by atoms with van der Waals surface area (Å²) in [4.78, 5) is 21.0. The highest BCUT2D eigenvalue weighted by atomic mass is 16.5. The first-order chi connectivity index (χ1) is 12.7. The van der Waals surface area contributed by atoms with E-state index in [1.54, 1.807) is 13.3 Å². The Morgan fingerprint density at radius 3 is 2.46 bits per heavy atom. The maximum Gasteiger partial charge on any atom is 0.270 e. The van der Waals surface area contributed by atoms with Crippen LogP contribution in [0.2, 0.25) is 0 Å². The van der Waals surface area contributed by atoms with E-state index in [9.17, 15) is 4.79 Å². The van der Waals surface area contributed by atoms with Crippen molar-refractivity contribution in [2.24, 2.45) is 0 Å². The number of amides is 1. The molecule has 1 saturated carbocycles. The fourth-order valence-corrected chi connectivity index (χ4v) is 3.29. The molecular weight excluding hydrogens is 328 g/mol. The van der Waals surface area contributed by atoms with Gasteiger partial charge in [-0.2, -0.15) is 0 Å². The van der Waals surface area contributed by atoms with Crippen LogP contribution in [0.15, 0.2) is 42.6 Å². The standard InChI is InChI=1S/C20H24N4O2/c1-26-19-5-3-2-4-18(19)24-12-10-23(11-13-24)16-8-9-17(21-14-16)20(25)22-15-6-7-15/h2-5,8-9,14-15H,6-7,10-13H2,1H3,(H,22,25). The predicted octanol–water partition coefficient (Wildman–Crippen LogP) is 2.31. The number of hydrogen-bond donors (Lipinski definition) is 1. The Balaban J connectivity index is 1.37. The highest BCUT2D eigenvalue weighted by molar-refractivity contribution is 5.92. The molecule has 1 aliphatic heterocycles. The zero-order valence-electron chi connectivity index (χ0n) is 15.0. The van der Waals surface area contributed by atoms with Crippen LogP contribution in [0.25, 0.3) is 0 Å². The summed E-state index contributed by atoms with van der Waals surface area (Å²) in [7, 11) is 1.71. The molecule has 0 spiro atoms. The Morgan fingerprint density at radius 1 is 1.08 bits per heavy atom. The SMILES string of the molecule is COc1ccccc1N1CCN(c2ccc(C(=O)NC3CC3)nc2)CC1. The molecule has 1 aromatic heterocycles. The third kappa shape index (κ3) is 3.59. The normalized spacial score (nSPS) is 17.1. The number of pyridine rings is 1. The Morgan fingerprint density at radius 2 is 1.81 bits per heavy atom. The number of benzene rings is 1. The number of ether oxygens (including phenoxy) is 1. The quantitative estimate of drug-likeness (QED) is 0.895. The third-order valence-electron chi connectivity index (χ3n) is 4.96.